The second-order valence-electron chi connectivity index (χ2n) is 6.98. The molecule has 1 saturated heterocycles. The summed E-state index contributed by atoms with van der Waals surface area (Å²) in [5, 5.41) is 1.09. The quantitative estimate of drug-likeness (QED) is 0.596. The van der Waals surface area contributed by atoms with Crippen LogP contribution in [0.1, 0.15) is 23.4 Å². The van der Waals surface area contributed by atoms with Gasteiger partial charge >= 0.3 is 5.97 Å². The number of aryl methyl sites for hydroxylation is 1. The highest BCUT2D eigenvalue weighted by Gasteiger charge is 2.32. The van der Waals surface area contributed by atoms with Gasteiger partial charge in [-0.15, -0.1) is 11.3 Å². The number of thiophene rings is 1. The molecule has 2 aromatic heterocycles. The lowest BCUT2D eigenvalue weighted by atomic mass is 10.0. The molecule has 6 nitrogen and oxygen atoms in total. The van der Waals surface area contributed by atoms with Gasteiger partial charge in [0.25, 0.3) is 0 Å². The van der Waals surface area contributed by atoms with Crippen molar-refractivity contribution in [2.75, 3.05) is 38.2 Å². The lowest BCUT2D eigenvalue weighted by Crippen LogP contribution is -2.49. The average Bonchev–Trinajstić information content (AvgIpc) is 3.19. The summed E-state index contributed by atoms with van der Waals surface area (Å²) in [4.78, 5) is 28.0. The normalized spacial score (nSPS) is 16.2. The van der Waals surface area contributed by atoms with Gasteiger partial charge in [-0.05, 0) is 30.2 Å². The Hall–Kier alpha value is -2.58. The maximum absolute atomic E-state index is 13.3. The number of methoxy groups -OCH3 is 1. The summed E-state index contributed by atoms with van der Waals surface area (Å²) >= 11 is 1.71. The molecular formula is C21H23FN4O2S. The van der Waals surface area contributed by atoms with E-state index in [0.29, 0.717) is 13.1 Å². The molecule has 1 aromatic carbocycles. The molecule has 29 heavy (non-hydrogen) atoms. The number of nitrogens with zero attached hydrogens (tertiary/aromatic N) is 4. The molecule has 1 aliphatic heterocycles. The minimum Gasteiger partial charge on any atom is -0.468 e. The highest BCUT2D eigenvalue weighted by atomic mass is 32.1. The van der Waals surface area contributed by atoms with Crippen LogP contribution in [-0.2, 0) is 16.0 Å². The number of esters is 1. The molecule has 0 unspecified atom stereocenters. The van der Waals surface area contributed by atoms with E-state index in [9.17, 15) is 9.18 Å². The molecule has 1 fully saturated rings. The number of fused-ring (bicyclic) bond motifs is 1. The first-order valence-electron chi connectivity index (χ1n) is 9.66. The highest BCUT2D eigenvalue weighted by molar-refractivity contribution is 7.18. The van der Waals surface area contributed by atoms with Crippen LogP contribution in [0.2, 0.25) is 0 Å². The van der Waals surface area contributed by atoms with E-state index in [1.165, 1.54) is 24.1 Å². The predicted molar refractivity (Wildman–Crippen MR) is 112 cm³/mol. The number of ether oxygens (including phenoxy) is 1. The Bertz CT molecular complexity index is 1000. The zero-order chi connectivity index (χ0) is 20.4. The summed E-state index contributed by atoms with van der Waals surface area (Å²) in [6, 6.07) is 7.68. The Kier molecular flexibility index (Phi) is 5.73. The van der Waals surface area contributed by atoms with Gasteiger partial charge in [0.15, 0.2) is 0 Å². The molecule has 3 aromatic rings. The molecule has 0 saturated carbocycles. The maximum atomic E-state index is 13.3. The molecule has 0 spiro atoms. The molecule has 1 aliphatic rings. The summed E-state index contributed by atoms with van der Waals surface area (Å²) in [6.07, 6.45) is 2.60. The molecule has 0 aliphatic carbocycles. The molecule has 0 N–H and O–H groups in total. The Morgan fingerprint density at radius 3 is 2.59 bits per heavy atom. The third kappa shape index (κ3) is 3.95. The van der Waals surface area contributed by atoms with E-state index >= 15 is 0 Å². The molecule has 8 heteroatoms. The van der Waals surface area contributed by atoms with Crippen LogP contribution in [0.4, 0.5) is 10.2 Å². The van der Waals surface area contributed by atoms with Crippen molar-refractivity contribution in [2.45, 2.75) is 19.4 Å². The van der Waals surface area contributed by atoms with E-state index in [4.69, 9.17) is 4.74 Å². The van der Waals surface area contributed by atoms with E-state index in [2.05, 4.69) is 32.8 Å². The topological polar surface area (TPSA) is 58.6 Å². The number of benzene rings is 1. The van der Waals surface area contributed by atoms with Gasteiger partial charge in [-0.25, -0.2) is 19.2 Å². The number of hydrogen-bond acceptors (Lipinski definition) is 7. The average molecular weight is 415 g/mol. The number of hydrogen-bond donors (Lipinski definition) is 0. The van der Waals surface area contributed by atoms with Crippen LogP contribution in [0.25, 0.3) is 10.2 Å². The molecule has 0 bridgehead atoms. The fourth-order valence-electron chi connectivity index (χ4n) is 3.76. The van der Waals surface area contributed by atoms with Gasteiger partial charge in [-0.2, -0.15) is 0 Å². The van der Waals surface area contributed by atoms with Crippen molar-refractivity contribution in [2.24, 2.45) is 0 Å². The van der Waals surface area contributed by atoms with Crippen LogP contribution in [0.5, 0.6) is 0 Å². The second kappa shape index (κ2) is 8.42. The minimum atomic E-state index is -0.541. The van der Waals surface area contributed by atoms with E-state index in [1.54, 1.807) is 29.8 Å². The summed E-state index contributed by atoms with van der Waals surface area (Å²) in [7, 11) is 1.38. The molecular weight excluding hydrogens is 391 g/mol. The molecule has 0 radical (unpaired) electrons. The molecule has 152 valence electrons. The van der Waals surface area contributed by atoms with Gasteiger partial charge in [0.05, 0.1) is 12.5 Å². The first kappa shape index (κ1) is 19.7. The minimum absolute atomic E-state index is 0.322. The summed E-state index contributed by atoms with van der Waals surface area (Å²) < 4.78 is 18.3. The van der Waals surface area contributed by atoms with Crippen molar-refractivity contribution in [1.82, 2.24) is 14.9 Å². The standard InChI is InChI=1S/C21H23FN4O2S/c1-3-16-12-17-19(23-13-24-20(17)29-16)26-10-8-25(9-11-26)18(21(27)28-2)14-4-6-15(22)7-5-14/h4-7,12-13,18H,3,8-11H2,1-2H3/t18-/m1/s1. The van der Waals surface area contributed by atoms with Crippen LogP contribution in [0.15, 0.2) is 36.7 Å². The third-order valence-corrected chi connectivity index (χ3v) is 6.48. The van der Waals surface area contributed by atoms with E-state index < -0.39 is 6.04 Å². The number of carbonyl (C=O) groups is 1. The zero-order valence-electron chi connectivity index (χ0n) is 16.5. The SMILES string of the molecule is CCc1cc2c(N3CCN([C@@H](C(=O)OC)c4ccc(F)cc4)CC3)ncnc2s1. The van der Waals surface area contributed by atoms with Crippen LogP contribution < -0.4 is 4.90 Å². The van der Waals surface area contributed by atoms with Gasteiger partial charge in [0.1, 0.15) is 28.8 Å². The number of anilines is 1. The van der Waals surface area contributed by atoms with Crippen molar-refractivity contribution in [1.29, 1.82) is 0 Å². The molecule has 3 heterocycles. The predicted octanol–water partition coefficient (Wildman–Crippen LogP) is 3.43. The number of aromatic nitrogens is 2. The first-order valence-corrected chi connectivity index (χ1v) is 10.5. The van der Waals surface area contributed by atoms with Crippen LogP contribution in [-0.4, -0.2) is 54.1 Å². The van der Waals surface area contributed by atoms with Crippen molar-refractivity contribution in [3.63, 3.8) is 0 Å². The Morgan fingerprint density at radius 2 is 1.93 bits per heavy atom. The second-order valence-corrected chi connectivity index (χ2v) is 8.10. The van der Waals surface area contributed by atoms with Crippen molar-refractivity contribution in [3.05, 3.63) is 52.9 Å². The van der Waals surface area contributed by atoms with Crippen molar-refractivity contribution >= 4 is 33.3 Å². The van der Waals surface area contributed by atoms with E-state index in [1.807, 2.05) is 0 Å². The Balaban J connectivity index is 1.54. The Labute approximate surface area is 172 Å². The lowest BCUT2D eigenvalue weighted by molar-refractivity contribution is -0.147. The van der Waals surface area contributed by atoms with Gasteiger partial charge in [-0.1, -0.05) is 19.1 Å². The third-order valence-electron chi connectivity index (χ3n) is 5.30. The number of piperazine rings is 1. The maximum Gasteiger partial charge on any atom is 0.327 e. The van der Waals surface area contributed by atoms with Crippen molar-refractivity contribution < 1.29 is 13.9 Å². The van der Waals surface area contributed by atoms with Gasteiger partial charge in [-0.3, -0.25) is 4.90 Å². The molecule has 0 amide bonds. The summed E-state index contributed by atoms with van der Waals surface area (Å²) in [6.45, 7) is 4.95. The largest absolute Gasteiger partial charge is 0.468 e. The van der Waals surface area contributed by atoms with E-state index in [-0.39, 0.29) is 11.8 Å². The van der Waals surface area contributed by atoms with Gasteiger partial charge in [0, 0.05) is 31.1 Å². The van der Waals surface area contributed by atoms with Crippen LogP contribution >= 0.6 is 11.3 Å². The smallest absolute Gasteiger partial charge is 0.327 e. The molecule has 1 atom stereocenters. The summed E-state index contributed by atoms with van der Waals surface area (Å²) in [5.74, 6) is 0.291. The van der Waals surface area contributed by atoms with Gasteiger partial charge < -0.3 is 9.64 Å². The zero-order valence-corrected chi connectivity index (χ0v) is 17.3. The highest BCUT2D eigenvalue weighted by Crippen LogP contribution is 2.32. The molecule has 4 rings (SSSR count). The number of carbonyl (C=O) groups excluding carboxylic acids is 1. The fourth-order valence-corrected chi connectivity index (χ4v) is 4.69. The van der Waals surface area contributed by atoms with E-state index in [0.717, 1.165) is 41.1 Å². The fraction of sp³-hybridized carbons (Fsp3) is 0.381. The van der Waals surface area contributed by atoms with Gasteiger partial charge in [0.2, 0.25) is 0 Å². The first-order chi connectivity index (χ1) is 14.1. The van der Waals surface area contributed by atoms with Crippen LogP contribution in [0.3, 0.4) is 0 Å². The summed E-state index contributed by atoms with van der Waals surface area (Å²) in [5.41, 5.74) is 0.738. The number of halogens is 1. The monoisotopic (exact) mass is 414 g/mol. The van der Waals surface area contributed by atoms with Crippen LogP contribution in [0, 0.1) is 5.82 Å². The number of rotatable bonds is 5. The van der Waals surface area contributed by atoms with Crippen molar-refractivity contribution in [3.8, 4) is 0 Å². The lowest BCUT2D eigenvalue weighted by Gasteiger charge is -2.38. The Morgan fingerprint density at radius 1 is 1.21 bits per heavy atom.